The number of hydrogen-bond donors (Lipinski definition) is 1. The number of halogens is 1. The minimum absolute atomic E-state index is 0.160. The average Bonchev–Trinajstić information content (AvgIpc) is 2.61. The Morgan fingerprint density at radius 1 is 1.47 bits per heavy atom. The summed E-state index contributed by atoms with van der Waals surface area (Å²) in [5.41, 5.74) is 0.807. The SMILES string of the molecule is O=C(O)CN1C(=O)OCC1c1ccc(Cl)cc1. The van der Waals surface area contributed by atoms with Crippen LogP contribution in [0.15, 0.2) is 24.3 Å². The first-order valence-electron chi connectivity index (χ1n) is 4.98. The summed E-state index contributed by atoms with van der Waals surface area (Å²) in [6, 6.07) is 6.53. The second-order valence-electron chi connectivity index (χ2n) is 3.67. The van der Waals surface area contributed by atoms with Crippen molar-refractivity contribution < 1.29 is 19.4 Å². The molecule has 1 heterocycles. The van der Waals surface area contributed by atoms with Gasteiger partial charge in [0, 0.05) is 5.02 Å². The van der Waals surface area contributed by atoms with Crippen molar-refractivity contribution in [2.45, 2.75) is 6.04 Å². The molecule has 1 amide bonds. The monoisotopic (exact) mass is 255 g/mol. The molecule has 1 aromatic carbocycles. The van der Waals surface area contributed by atoms with Gasteiger partial charge >= 0.3 is 12.1 Å². The van der Waals surface area contributed by atoms with Crippen LogP contribution in [0.1, 0.15) is 11.6 Å². The zero-order valence-electron chi connectivity index (χ0n) is 8.80. The van der Waals surface area contributed by atoms with Crippen molar-refractivity contribution in [1.29, 1.82) is 0 Å². The molecule has 1 unspecified atom stereocenters. The number of cyclic esters (lactones) is 1. The van der Waals surface area contributed by atoms with E-state index in [9.17, 15) is 9.59 Å². The fourth-order valence-corrected chi connectivity index (χ4v) is 1.86. The Bertz CT molecular complexity index is 445. The number of carboxylic acids is 1. The molecule has 1 aliphatic heterocycles. The van der Waals surface area contributed by atoms with Crippen molar-refractivity contribution in [2.24, 2.45) is 0 Å². The van der Waals surface area contributed by atoms with Crippen LogP contribution in [0.25, 0.3) is 0 Å². The van der Waals surface area contributed by atoms with Crippen molar-refractivity contribution >= 4 is 23.7 Å². The van der Waals surface area contributed by atoms with Gasteiger partial charge in [-0.15, -0.1) is 0 Å². The summed E-state index contributed by atoms with van der Waals surface area (Å²) in [4.78, 5) is 23.2. The average molecular weight is 256 g/mol. The van der Waals surface area contributed by atoms with Gasteiger partial charge in [-0.05, 0) is 17.7 Å². The summed E-state index contributed by atoms with van der Waals surface area (Å²) < 4.78 is 4.85. The van der Waals surface area contributed by atoms with Gasteiger partial charge in [0.25, 0.3) is 0 Å². The predicted octanol–water partition coefficient (Wildman–Crippen LogP) is 1.92. The second kappa shape index (κ2) is 4.63. The number of ether oxygens (including phenoxy) is 1. The van der Waals surface area contributed by atoms with E-state index in [0.29, 0.717) is 5.02 Å². The van der Waals surface area contributed by atoms with E-state index >= 15 is 0 Å². The molecule has 0 bridgehead atoms. The van der Waals surface area contributed by atoms with Crippen LogP contribution in [0.4, 0.5) is 4.79 Å². The highest BCUT2D eigenvalue weighted by atomic mass is 35.5. The Labute approximate surface area is 103 Å². The van der Waals surface area contributed by atoms with E-state index in [0.717, 1.165) is 5.56 Å². The lowest BCUT2D eigenvalue weighted by molar-refractivity contribution is -0.137. The molecule has 6 heteroatoms. The van der Waals surface area contributed by atoms with E-state index < -0.39 is 12.1 Å². The van der Waals surface area contributed by atoms with Crippen molar-refractivity contribution in [3.63, 3.8) is 0 Å². The molecular formula is C11H10ClNO4. The zero-order chi connectivity index (χ0) is 12.4. The number of benzene rings is 1. The van der Waals surface area contributed by atoms with Crippen LogP contribution in [0.5, 0.6) is 0 Å². The maximum Gasteiger partial charge on any atom is 0.411 e. The van der Waals surface area contributed by atoms with Gasteiger partial charge in [-0.25, -0.2) is 4.79 Å². The smallest absolute Gasteiger partial charge is 0.411 e. The Balaban J connectivity index is 2.22. The fraction of sp³-hybridized carbons (Fsp3) is 0.273. The highest BCUT2D eigenvalue weighted by molar-refractivity contribution is 6.30. The summed E-state index contributed by atoms with van der Waals surface area (Å²) in [6.45, 7) is -0.208. The first-order chi connectivity index (χ1) is 8.08. The molecule has 1 atom stereocenters. The number of carbonyl (C=O) groups is 2. The number of hydrogen-bond acceptors (Lipinski definition) is 3. The summed E-state index contributed by atoms with van der Waals surface area (Å²) in [7, 11) is 0. The number of carboxylic acid groups (broad SMARTS) is 1. The quantitative estimate of drug-likeness (QED) is 0.896. The first-order valence-corrected chi connectivity index (χ1v) is 5.36. The highest BCUT2D eigenvalue weighted by Crippen LogP contribution is 2.28. The Hall–Kier alpha value is -1.75. The molecule has 17 heavy (non-hydrogen) atoms. The van der Waals surface area contributed by atoms with Gasteiger partial charge in [-0.3, -0.25) is 9.69 Å². The summed E-state index contributed by atoms with van der Waals surface area (Å²) in [5, 5.41) is 9.32. The van der Waals surface area contributed by atoms with Gasteiger partial charge in [0.1, 0.15) is 13.2 Å². The molecule has 90 valence electrons. The number of amides is 1. The van der Waals surface area contributed by atoms with E-state index in [4.69, 9.17) is 21.4 Å². The molecular weight excluding hydrogens is 246 g/mol. The van der Waals surface area contributed by atoms with Crippen molar-refractivity contribution in [1.82, 2.24) is 4.90 Å². The molecule has 0 aromatic heterocycles. The first kappa shape index (κ1) is 11.7. The van der Waals surface area contributed by atoms with Crippen LogP contribution in [-0.4, -0.2) is 35.2 Å². The van der Waals surface area contributed by atoms with E-state index in [2.05, 4.69) is 0 Å². The zero-order valence-corrected chi connectivity index (χ0v) is 9.55. The third-order valence-electron chi connectivity index (χ3n) is 2.54. The van der Waals surface area contributed by atoms with Crippen LogP contribution in [-0.2, 0) is 9.53 Å². The minimum Gasteiger partial charge on any atom is -0.480 e. The van der Waals surface area contributed by atoms with E-state index in [1.807, 2.05) is 0 Å². The Morgan fingerprint density at radius 2 is 2.12 bits per heavy atom. The molecule has 0 saturated carbocycles. The van der Waals surface area contributed by atoms with Gasteiger partial charge < -0.3 is 9.84 Å². The third-order valence-corrected chi connectivity index (χ3v) is 2.79. The lowest BCUT2D eigenvalue weighted by Gasteiger charge is -2.19. The summed E-state index contributed by atoms with van der Waals surface area (Å²) in [5.74, 6) is -1.07. The molecule has 0 radical (unpaired) electrons. The molecule has 2 rings (SSSR count). The van der Waals surface area contributed by atoms with Crippen LogP contribution in [0, 0.1) is 0 Å². The number of aliphatic carboxylic acids is 1. The van der Waals surface area contributed by atoms with Gasteiger partial charge in [-0.2, -0.15) is 0 Å². The maximum atomic E-state index is 11.4. The van der Waals surface area contributed by atoms with Gasteiger partial charge in [0.15, 0.2) is 0 Å². The molecule has 1 aromatic rings. The van der Waals surface area contributed by atoms with E-state index in [-0.39, 0.29) is 19.2 Å². The Morgan fingerprint density at radius 3 is 2.71 bits per heavy atom. The lowest BCUT2D eigenvalue weighted by Crippen LogP contribution is -2.32. The molecule has 1 fully saturated rings. The van der Waals surface area contributed by atoms with E-state index in [1.54, 1.807) is 24.3 Å². The minimum atomic E-state index is -1.07. The largest absolute Gasteiger partial charge is 0.480 e. The van der Waals surface area contributed by atoms with Crippen molar-refractivity contribution in [3.8, 4) is 0 Å². The molecule has 5 nitrogen and oxygen atoms in total. The molecule has 0 spiro atoms. The predicted molar refractivity (Wildman–Crippen MR) is 59.9 cm³/mol. The second-order valence-corrected chi connectivity index (χ2v) is 4.10. The number of nitrogens with zero attached hydrogens (tertiary/aromatic N) is 1. The normalized spacial score (nSPS) is 19.2. The molecule has 1 saturated heterocycles. The maximum absolute atomic E-state index is 11.4. The van der Waals surface area contributed by atoms with Crippen molar-refractivity contribution in [3.05, 3.63) is 34.9 Å². The number of rotatable bonds is 3. The van der Waals surface area contributed by atoms with Crippen molar-refractivity contribution in [2.75, 3.05) is 13.2 Å². The summed E-state index contributed by atoms with van der Waals surface area (Å²) in [6.07, 6.45) is -0.604. The Kier molecular flexibility index (Phi) is 3.19. The molecule has 0 aliphatic carbocycles. The van der Waals surface area contributed by atoms with Gasteiger partial charge in [0.2, 0.25) is 0 Å². The van der Waals surface area contributed by atoms with Crippen LogP contribution >= 0.6 is 11.6 Å². The van der Waals surface area contributed by atoms with Crippen LogP contribution in [0.2, 0.25) is 5.02 Å². The molecule has 1 N–H and O–H groups in total. The third kappa shape index (κ3) is 2.50. The van der Waals surface area contributed by atoms with Crippen LogP contribution in [0.3, 0.4) is 0 Å². The molecule has 1 aliphatic rings. The van der Waals surface area contributed by atoms with E-state index in [1.165, 1.54) is 4.90 Å². The van der Waals surface area contributed by atoms with Gasteiger partial charge in [-0.1, -0.05) is 23.7 Å². The topological polar surface area (TPSA) is 66.8 Å². The van der Waals surface area contributed by atoms with Gasteiger partial charge in [0.05, 0.1) is 6.04 Å². The fourth-order valence-electron chi connectivity index (χ4n) is 1.73. The highest BCUT2D eigenvalue weighted by Gasteiger charge is 2.35. The van der Waals surface area contributed by atoms with Crippen LogP contribution < -0.4 is 0 Å². The standard InChI is InChI=1S/C11H10ClNO4/c12-8-3-1-7(2-4-8)9-6-17-11(16)13(9)5-10(14)15/h1-4,9H,5-6H2,(H,14,15). The summed E-state index contributed by atoms with van der Waals surface area (Å²) >= 11 is 5.76. The lowest BCUT2D eigenvalue weighted by atomic mass is 10.1. The number of carbonyl (C=O) groups excluding carboxylic acids is 1.